The van der Waals surface area contributed by atoms with Crippen LogP contribution in [0.1, 0.15) is 12.8 Å². The summed E-state index contributed by atoms with van der Waals surface area (Å²) in [5.41, 5.74) is 0. The van der Waals surface area contributed by atoms with Crippen LogP contribution >= 0.6 is 22.8 Å². The van der Waals surface area contributed by atoms with Crippen molar-refractivity contribution < 1.29 is 64.6 Å². The van der Waals surface area contributed by atoms with Gasteiger partial charge in [-0.05, 0) is 51.6 Å². The van der Waals surface area contributed by atoms with Crippen LogP contribution in [0.25, 0.3) is 0 Å². The van der Waals surface area contributed by atoms with Gasteiger partial charge in [0.15, 0.2) is 0 Å². The Balaban J connectivity index is 5.54. The van der Waals surface area contributed by atoms with Crippen LogP contribution in [0, 0.1) is 0 Å². The molecule has 2 unspecified atom stereocenters. The minimum atomic E-state index is -4.56. The molecule has 0 aliphatic carbocycles. The lowest BCUT2D eigenvalue weighted by Gasteiger charge is -2.40. The zero-order chi connectivity index (χ0) is 29.2. The van der Waals surface area contributed by atoms with Crippen LogP contribution in [0.4, 0.5) is 0 Å². The van der Waals surface area contributed by atoms with Crippen molar-refractivity contribution in [3.05, 3.63) is 0 Å². The van der Waals surface area contributed by atoms with Crippen molar-refractivity contribution in [2.24, 2.45) is 0 Å². The summed E-state index contributed by atoms with van der Waals surface area (Å²) < 4.78 is 63.6. The highest BCUT2D eigenvalue weighted by Crippen LogP contribution is 2.41. The normalized spacial score (nSPS) is 17.1. The minimum absolute atomic E-state index is 0.0292. The van der Waals surface area contributed by atoms with Gasteiger partial charge in [0, 0.05) is 27.4 Å². The summed E-state index contributed by atoms with van der Waals surface area (Å²) in [7, 11) is -18.1. The fourth-order valence-corrected chi connectivity index (χ4v) is 15.9. The van der Waals surface area contributed by atoms with Crippen LogP contribution in [0.2, 0.25) is 31.7 Å². The van der Waals surface area contributed by atoms with E-state index in [1.54, 1.807) is 19.6 Å². The predicted molar refractivity (Wildman–Crippen MR) is 142 cm³/mol. The highest BCUT2D eigenvalue weighted by molar-refractivity contribution is 7.52. The molecule has 0 saturated heterocycles. The van der Waals surface area contributed by atoms with Gasteiger partial charge in [0.1, 0.15) is 12.6 Å². The predicted octanol–water partition coefficient (Wildman–Crippen LogP) is 0.749. The molecule has 0 rings (SSSR count). The molecule has 0 spiro atoms. The molecule has 7 N–H and O–H groups in total. The third-order valence-electron chi connectivity index (χ3n) is 5.04. The second kappa shape index (κ2) is 15.7. The monoisotopic (exact) mass is 652 g/mol. The third kappa shape index (κ3) is 18.7. The van der Waals surface area contributed by atoms with Gasteiger partial charge in [-0.15, -0.1) is 0 Å². The summed E-state index contributed by atoms with van der Waals surface area (Å²) in [6.07, 6.45) is -1.43. The lowest BCUT2D eigenvalue weighted by molar-refractivity contribution is 0.147. The van der Waals surface area contributed by atoms with Gasteiger partial charge in [0.2, 0.25) is 0 Å². The maximum Gasteiger partial charge on any atom is 0.482 e. The Labute approximate surface area is 221 Å². The van der Waals surface area contributed by atoms with E-state index in [0.29, 0.717) is 6.42 Å². The van der Waals surface area contributed by atoms with Crippen molar-refractivity contribution in [2.75, 3.05) is 53.3 Å². The van der Waals surface area contributed by atoms with Gasteiger partial charge in [-0.3, -0.25) is 18.6 Å². The first kappa shape index (κ1) is 37.8. The van der Waals surface area contributed by atoms with Crippen LogP contribution in [-0.2, 0) is 35.2 Å². The van der Waals surface area contributed by atoms with Gasteiger partial charge in [-0.2, -0.15) is 0 Å². The molecule has 0 fully saturated rings. The van der Waals surface area contributed by atoms with E-state index in [9.17, 15) is 33.3 Å². The van der Waals surface area contributed by atoms with Crippen LogP contribution in [-0.4, -0.2) is 113 Å². The zero-order valence-electron chi connectivity index (χ0n) is 22.1. The quantitative estimate of drug-likeness (QED) is 0.0515. The van der Waals surface area contributed by atoms with E-state index in [-0.39, 0.29) is 31.6 Å². The largest absolute Gasteiger partial charge is 0.482 e. The van der Waals surface area contributed by atoms with E-state index in [1.165, 1.54) is 21.3 Å². The standard InChI is InChI=1S/C15H43N2O14P3Si3/c1-27-35(4,5)30-37(29-3,12-7-9-16-13-32(18,19)20)31-36(6,28-2)11-8-10-17(14-33(21,22)23)15-34(24,25)26/h16H,7-15H2,1-6H3,(H2,18,19,20)(H2,21,22,23)(H2,24,25,26). The first-order valence-electron chi connectivity index (χ1n) is 11.2. The maximum absolute atomic E-state index is 11.4. The van der Waals surface area contributed by atoms with E-state index in [4.69, 9.17) is 31.3 Å². The number of hydrogen-bond acceptors (Lipinski definition) is 10. The Hall–Kier alpha value is 0.821. The molecule has 16 nitrogen and oxygen atoms in total. The molecule has 0 radical (unpaired) electrons. The molecule has 0 aliphatic heterocycles. The molecule has 2 atom stereocenters. The van der Waals surface area contributed by atoms with Crippen molar-refractivity contribution in [2.45, 2.75) is 44.6 Å². The van der Waals surface area contributed by atoms with E-state index in [1.807, 2.05) is 0 Å². The topological polar surface area (TPSA) is 234 Å². The van der Waals surface area contributed by atoms with Crippen LogP contribution < -0.4 is 5.32 Å². The molecule has 224 valence electrons. The van der Waals surface area contributed by atoms with Gasteiger partial charge >= 0.3 is 48.7 Å². The lowest BCUT2D eigenvalue weighted by Crippen LogP contribution is -2.59. The van der Waals surface area contributed by atoms with Crippen molar-refractivity contribution >= 4 is 48.7 Å². The fraction of sp³-hybridized carbons (Fsp3) is 1.00. The average Bonchev–Trinajstić information content (AvgIpc) is 2.69. The first-order valence-corrected chi connectivity index (χ1v) is 23.9. The van der Waals surface area contributed by atoms with Crippen LogP contribution in [0.15, 0.2) is 0 Å². The van der Waals surface area contributed by atoms with E-state index < -0.39 is 67.6 Å². The fourth-order valence-electron chi connectivity index (χ4n) is 3.23. The van der Waals surface area contributed by atoms with Gasteiger partial charge < -0.3 is 56.2 Å². The minimum Gasteiger partial charge on any atom is -0.398 e. The summed E-state index contributed by atoms with van der Waals surface area (Å²) in [4.78, 5) is 56.1. The number of nitrogens with one attached hydrogen (secondary N) is 1. The molecule has 0 aromatic rings. The smallest absolute Gasteiger partial charge is 0.398 e. The van der Waals surface area contributed by atoms with Crippen LogP contribution in [0.3, 0.4) is 0 Å². The Bertz CT molecular complexity index is 803. The van der Waals surface area contributed by atoms with Crippen molar-refractivity contribution in [3.8, 4) is 0 Å². The third-order valence-corrected chi connectivity index (χ3v) is 18.1. The molecule has 0 saturated carbocycles. The number of rotatable bonds is 21. The van der Waals surface area contributed by atoms with Crippen molar-refractivity contribution in [3.63, 3.8) is 0 Å². The van der Waals surface area contributed by atoms with E-state index >= 15 is 0 Å². The lowest BCUT2D eigenvalue weighted by atomic mass is 10.4. The van der Waals surface area contributed by atoms with Gasteiger partial charge in [-0.1, -0.05) is 0 Å². The Morgan fingerprint density at radius 2 is 1.27 bits per heavy atom. The Kier molecular flexibility index (Phi) is 16.1. The first-order chi connectivity index (χ1) is 16.6. The molecule has 0 heterocycles. The Morgan fingerprint density at radius 3 is 1.68 bits per heavy atom. The summed E-state index contributed by atoms with van der Waals surface area (Å²) in [6.45, 7) is 5.59. The average molecular weight is 653 g/mol. The summed E-state index contributed by atoms with van der Waals surface area (Å²) in [6, 6.07) is 0.571. The van der Waals surface area contributed by atoms with Gasteiger partial charge in [-0.25, -0.2) is 0 Å². The van der Waals surface area contributed by atoms with Crippen LogP contribution in [0.5, 0.6) is 0 Å². The molecule has 0 aromatic carbocycles. The molecular formula is C15H43N2O14P3Si3. The van der Waals surface area contributed by atoms with Gasteiger partial charge in [0.05, 0.1) is 6.29 Å². The molecular weight excluding hydrogens is 609 g/mol. The molecule has 0 aromatic heterocycles. The van der Waals surface area contributed by atoms with E-state index in [2.05, 4.69) is 5.32 Å². The SMILES string of the molecule is CO[Si](C)(C)O[Si](CCCNCP(=O)(O)O)(OC)O[Si](C)(CCCN(CP(=O)(O)O)CP(=O)(O)O)OC. The Morgan fingerprint density at radius 1 is 0.730 bits per heavy atom. The summed E-state index contributed by atoms with van der Waals surface area (Å²) in [5.74, 6) is 0. The molecule has 0 amide bonds. The van der Waals surface area contributed by atoms with Crippen molar-refractivity contribution in [1.82, 2.24) is 10.2 Å². The number of nitrogens with zero attached hydrogens (tertiary/aromatic N) is 1. The van der Waals surface area contributed by atoms with Crippen molar-refractivity contribution in [1.29, 1.82) is 0 Å². The maximum atomic E-state index is 11.4. The second-order valence-corrected chi connectivity index (χ2v) is 24.2. The molecule has 0 bridgehead atoms. The molecule has 37 heavy (non-hydrogen) atoms. The summed E-state index contributed by atoms with van der Waals surface area (Å²) >= 11 is 0. The van der Waals surface area contributed by atoms with Gasteiger partial charge in [0.25, 0.3) is 0 Å². The zero-order valence-corrected chi connectivity index (χ0v) is 27.8. The molecule has 22 heteroatoms. The second-order valence-electron chi connectivity index (χ2n) is 9.07. The highest BCUT2D eigenvalue weighted by Gasteiger charge is 2.51. The number of hydrogen-bond donors (Lipinski definition) is 7. The highest BCUT2D eigenvalue weighted by atomic mass is 31.2. The van der Waals surface area contributed by atoms with E-state index in [0.717, 1.165) is 4.90 Å². The summed E-state index contributed by atoms with van der Waals surface area (Å²) in [5, 5.41) is 2.68. The molecule has 0 aliphatic rings.